The summed E-state index contributed by atoms with van der Waals surface area (Å²) in [5.41, 5.74) is -7.91. The van der Waals surface area contributed by atoms with E-state index in [2.05, 4.69) is 0 Å². The lowest BCUT2D eigenvalue weighted by Gasteiger charge is -2.63. The van der Waals surface area contributed by atoms with Crippen molar-refractivity contribution >= 4 is 17.7 Å². The molecule has 40 heavy (non-hydrogen) atoms. The van der Waals surface area contributed by atoms with Crippen molar-refractivity contribution in [2.24, 2.45) is 45.3 Å². The van der Waals surface area contributed by atoms with E-state index in [1.54, 1.807) is 19.9 Å². The lowest BCUT2D eigenvalue weighted by molar-refractivity contribution is -0.239. The number of aliphatic hydroxyl groups excluding tert-OH is 1. The highest BCUT2D eigenvalue weighted by atomic mass is 19.1. The first-order chi connectivity index (χ1) is 18.4. The van der Waals surface area contributed by atoms with Crippen LogP contribution in [0.3, 0.4) is 0 Å². The van der Waals surface area contributed by atoms with E-state index in [-0.39, 0.29) is 24.8 Å². The molecule has 4 saturated carbocycles. The summed E-state index contributed by atoms with van der Waals surface area (Å²) >= 11 is 0. The highest BCUT2D eigenvalue weighted by Crippen LogP contribution is 2.73. The molecule has 0 spiro atoms. The smallest absolute Gasteiger partial charge is 0.352 e. The maximum atomic E-state index is 17.5. The van der Waals surface area contributed by atoms with Gasteiger partial charge in [0.2, 0.25) is 5.60 Å². The molecule has 0 unspecified atom stereocenters. The molecule has 4 fully saturated rings. The second kappa shape index (κ2) is 8.47. The Balaban J connectivity index is 1.62. The fourth-order valence-electron chi connectivity index (χ4n) is 9.43. The van der Waals surface area contributed by atoms with Crippen LogP contribution in [0.1, 0.15) is 67.7 Å². The Morgan fingerprint density at radius 1 is 1.12 bits per heavy atom. The van der Waals surface area contributed by atoms with Gasteiger partial charge < -0.3 is 14.6 Å². The van der Waals surface area contributed by atoms with Gasteiger partial charge in [0.15, 0.2) is 18.1 Å². The number of aliphatic hydroxyl groups is 1. The maximum Gasteiger partial charge on any atom is 0.352 e. The lowest BCUT2D eigenvalue weighted by Crippen LogP contribution is -2.71. The fourth-order valence-corrected chi connectivity index (χ4v) is 9.43. The number of hydrogen-bond acceptors (Lipinski definition) is 7. The summed E-state index contributed by atoms with van der Waals surface area (Å²) in [6, 6.07) is 1.77. The van der Waals surface area contributed by atoms with Crippen LogP contribution in [0.25, 0.3) is 0 Å². The van der Waals surface area contributed by atoms with E-state index in [1.165, 1.54) is 19.1 Å². The summed E-state index contributed by atoms with van der Waals surface area (Å²) in [6.07, 6.45) is 0.0707. The molecule has 9 heteroatoms. The van der Waals surface area contributed by atoms with Gasteiger partial charge in [-0.15, -0.1) is 0 Å². The van der Waals surface area contributed by atoms with E-state index in [0.717, 1.165) is 6.08 Å². The number of ether oxygens (including phenoxy) is 2. The van der Waals surface area contributed by atoms with Crippen molar-refractivity contribution in [1.82, 2.24) is 0 Å². The van der Waals surface area contributed by atoms with Gasteiger partial charge in [0, 0.05) is 22.7 Å². The Kier molecular flexibility index (Phi) is 6.12. The molecule has 9 atom stereocenters. The van der Waals surface area contributed by atoms with Crippen LogP contribution in [-0.4, -0.2) is 53.0 Å². The van der Waals surface area contributed by atoms with Gasteiger partial charge in [-0.25, -0.2) is 13.6 Å². The Labute approximate surface area is 234 Å². The first-order valence-corrected chi connectivity index (χ1v) is 14.1. The van der Waals surface area contributed by atoms with Crippen molar-refractivity contribution in [3.8, 4) is 6.07 Å². The molecule has 0 aromatic carbocycles. The van der Waals surface area contributed by atoms with E-state index >= 15 is 8.78 Å². The monoisotopic (exact) mass is 559 g/mol. The number of rotatable bonds is 4. The number of esters is 2. The average molecular weight is 560 g/mol. The second-order valence-electron chi connectivity index (χ2n) is 14.3. The van der Waals surface area contributed by atoms with Gasteiger partial charge in [0.05, 0.1) is 12.0 Å². The first-order valence-electron chi connectivity index (χ1n) is 14.1. The predicted octanol–water partition coefficient (Wildman–Crippen LogP) is 4.58. The fraction of sp³-hybridized carbons (Fsp3) is 0.742. The highest BCUT2D eigenvalue weighted by molar-refractivity contribution is 6.01. The summed E-state index contributed by atoms with van der Waals surface area (Å²) in [4.78, 5) is 39.7. The van der Waals surface area contributed by atoms with E-state index in [0.29, 0.717) is 0 Å². The Bertz CT molecular complexity index is 1270. The molecule has 0 bridgehead atoms. The number of ketones is 1. The van der Waals surface area contributed by atoms with Crippen LogP contribution in [0.15, 0.2) is 23.8 Å². The molecular formula is C31H39F2NO6. The Morgan fingerprint density at radius 3 is 2.33 bits per heavy atom. The SMILES string of the molecule is C[C@@H]1C[C@H]2[C@@H]3C[C@H](F)C4=CC(=O)C=C[C@]4(C)[C@@]3(F)[C@@H](O)C[C@]2(C)[C@@]1(OC(=O)C1C(C)(C)C1(C)C)C(=O)OCC#N. The van der Waals surface area contributed by atoms with Crippen molar-refractivity contribution in [2.75, 3.05) is 6.61 Å². The number of alkyl halides is 2. The number of carbonyl (C=O) groups excluding carboxylic acids is 3. The Hall–Kier alpha value is -2.60. The van der Waals surface area contributed by atoms with Crippen LogP contribution < -0.4 is 0 Å². The lowest BCUT2D eigenvalue weighted by atomic mass is 9.44. The van der Waals surface area contributed by atoms with Crippen LogP contribution in [-0.2, 0) is 23.9 Å². The minimum atomic E-state index is -2.33. The molecule has 0 aromatic heterocycles. The van der Waals surface area contributed by atoms with Crippen LogP contribution in [0.4, 0.5) is 8.78 Å². The van der Waals surface area contributed by atoms with Crippen LogP contribution in [0, 0.1) is 56.7 Å². The zero-order chi connectivity index (χ0) is 29.8. The minimum Gasteiger partial charge on any atom is -0.447 e. The zero-order valence-corrected chi connectivity index (χ0v) is 24.2. The topological polar surface area (TPSA) is 114 Å². The van der Waals surface area contributed by atoms with Crippen molar-refractivity contribution in [2.45, 2.75) is 91.3 Å². The van der Waals surface area contributed by atoms with Crippen LogP contribution >= 0.6 is 0 Å². The van der Waals surface area contributed by atoms with Gasteiger partial charge in [-0.3, -0.25) is 9.59 Å². The minimum absolute atomic E-state index is 0.0109. The van der Waals surface area contributed by atoms with Gasteiger partial charge in [-0.2, -0.15) is 5.26 Å². The number of fused-ring (bicyclic) bond motifs is 5. The number of nitriles is 1. The van der Waals surface area contributed by atoms with E-state index in [9.17, 15) is 19.5 Å². The van der Waals surface area contributed by atoms with E-state index in [4.69, 9.17) is 14.7 Å². The van der Waals surface area contributed by atoms with Crippen molar-refractivity contribution in [3.63, 3.8) is 0 Å². The molecule has 0 radical (unpaired) electrons. The molecule has 5 aliphatic rings. The molecule has 1 N–H and O–H groups in total. The molecule has 218 valence electrons. The van der Waals surface area contributed by atoms with Crippen LogP contribution in [0.5, 0.6) is 0 Å². The predicted molar refractivity (Wildman–Crippen MR) is 140 cm³/mol. The highest BCUT2D eigenvalue weighted by Gasteiger charge is 2.80. The normalized spacial score (nSPS) is 46.3. The van der Waals surface area contributed by atoms with Gasteiger partial charge in [-0.05, 0) is 60.7 Å². The van der Waals surface area contributed by atoms with Gasteiger partial charge in [0.1, 0.15) is 12.2 Å². The maximum absolute atomic E-state index is 17.5. The molecule has 0 heterocycles. The number of carbonyl (C=O) groups is 3. The summed E-state index contributed by atoms with van der Waals surface area (Å²) in [7, 11) is 0. The molecule has 0 saturated heterocycles. The number of hydrogen-bond donors (Lipinski definition) is 1. The van der Waals surface area contributed by atoms with E-state index in [1.807, 2.05) is 27.7 Å². The van der Waals surface area contributed by atoms with Gasteiger partial charge in [-0.1, -0.05) is 47.6 Å². The zero-order valence-electron chi connectivity index (χ0n) is 24.2. The third-order valence-corrected chi connectivity index (χ3v) is 12.3. The average Bonchev–Trinajstić information content (AvgIpc) is 3.17. The number of halogens is 2. The molecular weight excluding hydrogens is 520 g/mol. The van der Waals surface area contributed by atoms with Gasteiger partial charge >= 0.3 is 11.9 Å². The molecule has 7 nitrogen and oxygen atoms in total. The summed E-state index contributed by atoms with van der Waals surface area (Å²) in [5.74, 6) is -4.80. The third-order valence-electron chi connectivity index (χ3n) is 12.3. The quantitative estimate of drug-likeness (QED) is 0.502. The summed E-state index contributed by atoms with van der Waals surface area (Å²) < 4.78 is 44.9. The molecule has 5 aliphatic carbocycles. The number of allylic oxidation sites excluding steroid dienone is 4. The van der Waals surface area contributed by atoms with Crippen molar-refractivity contribution in [3.05, 3.63) is 23.8 Å². The van der Waals surface area contributed by atoms with Gasteiger partial charge in [0.25, 0.3) is 0 Å². The largest absolute Gasteiger partial charge is 0.447 e. The molecule has 0 aromatic rings. The molecule has 5 rings (SSSR count). The second-order valence-corrected chi connectivity index (χ2v) is 14.3. The first kappa shape index (κ1) is 28.9. The number of nitrogens with zero attached hydrogens (tertiary/aromatic N) is 1. The summed E-state index contributed by atoms with van der Waals surface area (Å²) in [6.45, 7) is 12.1. The molecule has 0 aliphatic heterocycles. The summed E-state index contributed by atoms with van der Waals surface area (Å²) in [5, 5.41) is 20.8. The van der Waals surface area contributed by atoms with E-state index < -0.39 is 93.2 Å². The van der Waals surface area contributed by atoms with Crippen molar-refractivity contribution < 1.29 is 37.7 Å². The van der Waals surface area contributed by atoms with Crippen LogP contribution in [0.2, 0.25) is 0 Å². The van der Waals surface area contributed by atoms with Crippen molar-refractivity contribution in [1.29, 1.82) is 5.26 Å². The Morgan fingerprint density at radius 2 is 1.75 bits per heavy atom. The standard InChI is InChI=1S/C31H39F2NO6/c1-16-12-18-19-14-21(32)20-13-17(35)8-9-28(20,6)30(19,33)22(36)15-29(18,7)31(16,25(38)39-11-10-34)40-24(37)23-26(2,3)27(23,4)5/h8-9,13,16,18-19,21-23,36H,11-12,14-15H2,1-7H3/t16-,18+,19+,21+,22+,28+,29+,30+,31+/m1/s1. The molecule has 0 amide bonds. The third kappa shape index (κ3) is 3.20.